The Morgan fingerprint density at radius 1 is 0.975 bits per heavy atom. The van der Waals surface area contributed by atoms with Gasteiger partial charge in [0, 0.05) is 17.9 Å². The maximum Gasteiger partial charge on any atom is 0.163 e. The van der Waals surface area contributed by atoms with Gasteiger partial charge < -0.3 is 0 Å². The molecule has 1 aliphatic rings. The number of rotatable bonds is 15. The maximum absolute atomic E-state index is 13.7. The lowest BCUT2D eigenvalue weighted by Gasteiger charge is -2.33. The number of benzene rings is 2. The normalized spacial score (nSPS) is 16.6. The van der Waals surface area contributed by atoms with Gasteiger partial charge in [0.25, 0.3) is 0 Å². The fourth-order valence-electron chi connectivity index (χ4n) is 7.04. The molecule has 0 bridgehead atoms. The first-order valence-electron chi connectivity index (χ1n) is 15.9. The topological polar surface area (TPSA) is 51.2 Å². The van der Waals surface area contributed by atoms with Crippen molar-refractivity contribution in [3.8, 4) is 11.1 Å². The van der Waals surface area contributed by atoms with Crippen molar-refractivity contribution >= 4 is 17.3 Å². The van der Waals surface area contributed by atoms with Gasteiger partial charge in [-0.15, -0.1) is 0 Å². The maximum atomic E-state index is 13.7. The van der Waals surface area contributed by atoms with Gasteiger partial charge in [0.15, 0.2) is 5.78 Å². The summed E-state index contributed by atoms with van der Waals surface area (Å²) >= 11 is 0. The Balaban J connectivity index is 1.97. The Bertz CT molecular complexity index is 1190. The van der Waals surface area contributed by atoms with Gasteiger partial charge in [0.1, 0.15) is 11.6 Å². The Morgan fingerprint density at radius 3 is 2.35 bits per heavy atom. The molecule has 2 aromatic rings. The van der Waals surface area contributed by atoms with Crippen LogP contribution in [0, 0.1) is 30.6 Å². The second kappa shape index (κ2) is 14.9. The van der Waals surface area contributed by atoms with Crippen molar-refractivity contribution in [3.05, 3.63) is 58.1 Å². The van der Waals surface area contributed by atoms with Crippen LogP contribution in [0.1, 0.15) is 126 Å². The van der Waals surface area contributed by atoms with Crippen LogP contribution in [-0.4, -0.2) is 17.3 Å². The summed E-state index contributed by atoms with van der Waals surface area (Å²) < 4.78 is 0. The summed E-state index contributed by atoms with van der Waals surface area (Å²) in [6.45, 7) is 14.6. The summed E-state index contributed by atoms with van der Waals surface area (Å²) in [6.07, 6.45) is 9.48. The Hall–Kier alpha value is -2.55. The highest BCUT2D eigenvalue weighted by atomic mass is 16.1. The SMILES string of the molecule is CCCC(CC1CC(=O)c2c(C)ccc(-c3cc(CCCC(C)C)ccc3CC)c2C1)C(CC)C(=O)CC(C)=O. The molecule has 0 aromatic heterocycles. The third-order valence-corrected chi connectivity index (χ3v) is 9.00. The molecule has 3 atom stereocenters. The molecule has 218 valence electrons. The van der Waals surface area contributed by atoms with Gasteiger partial charge in [-0.1, -0.05) is 84.2 Å². The molecule has 0 aliphatic heterocycles. The molecule has 0 heterocycles. The Morgan fingerprint density at radius 2 is 1.73 bits per heavy atom. The molecule has 0 saturated heterocycles. The average molecular weight is 545 g/mol. The van der Waals surface area contributed by atoms with E-state index < -0.39 is 0 Å². The summed E-state index contributed by atoms with van der Waals surface area (Å²) in [6, 6.07) is 11.3. The van der Waals surface area contributed by atoms with E-state index in [2.05, 4.69) is 71.9 Å². The number of carbonyl (C=O) groups excluding carboxylic acids is 3. The summed E-state index contributed by atoms with van der Waals surface area (Å²) in [4.78, 5) is 38.4. The van der Waals surface area contributed by atoms with Crippen LogP contribution in [0.25, 0.3) is 11.1 Å². The number of hydrogen-bond acceptors (Lipinski definition) is 3. The van der Waals surface area contributed by atoms with E-state index >= 15 is 0 Å². The highest BCUT2D eigenvalue weighted by Gasteiger charge is 2.34. The number of carbonyl (C=O) groups is 3. The average Bonchev–Trinajstić information content (AvgIpc) is 2.88. The van der Waals surface area contributed by atoms with E-state index in [1.54, 1.807) is 0 Å². The monoisotopic (exact) mass is 544 g/mol. The van der Waals surface area contributed by atoms with E-state index in [1.165, 1.54) is 47.6 Å². The predicted molar refractivity (Wildman–Crippen MR) is 167 cm³/mol. The van der Waals surface area contributed by atoms with E-state index in [1.807, 2.05) is 0 Å². The van der Waals surface area contributed by atoms with Crippen molar-refractivity contribution in [2.75, 3.05) is 0 Å². The molecule has 0 radical (unpaired) electrons. The largest absolute Gasteiger partial charge is 0.300 e. The molecular formula is C37H52O3. The van der Waals surface area contributed by atoms with Crippen LogP contribution >= 0.6 is 0 Å². The zero-order chi connectivity index (χ0) is 29.4. The van der Waals surface area contributed by atoms with E-state index in [9.17, 15) is 14.4 Å². The van der Waals surface area contributed by atoms with Gasteiger partial charge in [0.05, 0.1) is 6.42 Å². The smallest absolute Gasteiger partial charge is 0.163 e. The highest BCUT2D eigenvalue weighted by Crippen LogP contribution is 2.41. The minimum atomic E-state index is -0.105. The Kier molecular flexibility index (Phi) is 11.9. The van der Waals surface area contributed by atoms with Crippen LogP contribution in [-0.2, 0) is 28.9 Å². The first kappa shape index (κ1) is 32.0. The van der Waals surface area contributed by atoms with Gasteiger partial charge in [-0.2, -0.15) is 0 Å². The number of fused-ring (bicyclic) bond motifs is 1. The minimum absolute atomic E-state index is 0.0296. The van der Waals surface area contributed by atoms with Crippen LogP contribution in [0.3, 0.4) is 0 Å². The van der Waals surface area contributed by atoms with Crippen molar-refractivity contribution in [1.82, 2.24) is 0 Å². The molecule has 0 N–H and O–H groups in total. The first-order chi connectivity index (χ1) is 19.1. The summed E-state index contributed by atoms with van der Waals surface area (Å²) in [5.74, 6) is 1.30. The third-order valence-electron chi connectivity index (χ3n) is 9.00. The number of Topliss-reactive ketones (excluding diaryl/α,β-unsaturated/α-hetero) is 3. The predicted octanol–water partition coefficient (Wildman–Crippen LogP) is 9.33. The lowest BCUT2D eigenvalue weighted by molar-refractivity contribution is -0.129. The molecule has 0 amide bonds. The molecule has 3 nitrogen and oxygen atoms in total. The van der Waals surface area contributed by atoms with Gasteiger partial charge >= 0.3 is 0 Å². The standard InChI is InChI=1S/C37H52O3/c1-8-12-30(31(10-3)35(39)19-26(7)38)20-28-22-34-32(18-15-25(6)37(34)36(40)23-28)33-21-27(14-11-13-24(4)5)16-17-29(33)9-2/h15-18,21,24,28,30-31H,8-14,19-20,22-23H2,1-7H3. The fraction of sp³-hybridized carbons (Fsp3) is 0.595. The van der Waals surface area contributed by atoms with Crippen LogP contribution in [0.15, 0.2) is 30.3 Å². The molecule has 3 heteroatoms. The molecule has 2 aromatic carbocycles. The van der Waals surface area contributed by atoms with E-state index in [0.717, 1.165) is 56.1 Å². The fourth-order valence-corrected chi connectivity index (χ4v) is 7.04. The third kappa shape index (κ3) is 8.02. The lowest BCUT2D eigenvalue weighted by Crippen LogP contribution is -2.30. The second-order valence-corrected chi connectivity index (χ2v) is 12.8. The first-order valence-corrected chi connectivity index (χ1v) is 15.9. The zero-order valence-corrected chi connectivity index (χ0v) is 26.2. The lowest BCUT2D eigenvalue weighted by atomic mass is 9.71. The quantitative estimate of drug-likeness (QED) is 0.210. The van der Waals surface area contributed by atoms with Crippen molar-refractivity contribution in [3.63, 3.8) is 0 Å². The molecule has 40 heavy (non-hydrogen) atoms. The van der Waals surface area contributed by atoms with Gasteiger partial charge in [-0.25, -0.2) is 0 Å². The number of aryl methyl sites for hydroxylation is 3. The van der Waals surface area contributed by atoms with E-state index in [-0.39, 0.29) is 41.5 Å². The molecular weight excluding hydrogens is 492 g/mol. The zero-order valence-electron chi connectivity index (χ0n) is 26.2. The van der Waals surface area contributed by atoms with Crippen LogP contribution in [0.4, 0.5) is 0 Å². The number of hydrogen-bond donors (Lipinski definition) is 0. The summed E-state index contributed by atoms with van der Waals surface area (Å²) in [7, 11) is 0. The van der Waals surface area contributed by atoms with Crippen LogP contribution < -0.4 is 0 Å². The molecule has 0 saturated carbocycles. The molecule has 0 spiro atoms. The van der Waals surface area contributed by atoms with E-state index in [4.69, 9.17) is 0 Å². The van der Waals surface area contributed by atoms with Crippen molar-refractivity contribution < 1.29 is 14.4 Å². The molecule has 1 aliphatic carbocycles. The van der Waals surface area contributed by atoms with Gasteiger partial charge in [0.2, 0.25) is 0 Å². The summed E-state index contributed by atoms with van der Waals surface area (Å²) in [5, 5.41) is 0. The van der Waals surface area contributed by atoms with Crippen LogP contribution in [0.2, 0.25) is 0 Å². The molecule has 3 rings (SSSR count). The van der Waals surface area contributed by atoms with Gasteiger partial charge in [-0.05, 0) is 104 Å². The van der Waals surface area contributed by atoms with Crippen molar-refractivity contribution in [2.24, 2.45) is 23.7 Å². The molecule has 0 fully saturated rings. The molecule has 3 unspecified atom stereocenters. The second-order valence-electron chi connectivity index (χ2n) is 12.8. The minimum Gasteiger partial charge on any atom is -0.300 e. The number of ketones is 3. The van der Waals surface area contributed by atoms with Gasteiger partial charge in [-0.3, -0.25) is 14.4 Å². The van der Waals surface area contributed by atoms with Crippen molar-refractivity contribution in [1.29, 1.82) is 0 Å². The van der Waals surface area contributed by atoms with E-state index in [0.29, 0.717) is 12.3 Å². The van der Waals surface area contributed by atoms with Crippen LogP contribution in [0.5, 0.6) is 0 Å². The summed E-state index contributed by atoms with van der Waals surface area (Å²) in [5.41, 5.74) is 8.40. The Labute approximate surface area is 243 Å². The highest BCUT2D eigenvalue weighted by molar-refractivity contribution is 6.02. The van der Waals surface area contributed by atoms with Crippen molar-refractivity contribution in [2.45, 2.75) is 119 Å².